The van der Waals surface area contributed by atoms with E-state index in [2.05, 4.69) is 20.3 Å². The van der Waals surface area contributed by atoms with E-state index in [1.54, 1.807) is 30.7 Å². The Bertz CT molecular complexity index is 1170. The summed E-state index contributed by atoms with van der Waals surface area (Å²) in [5, 5.41) is 3.28. The molecule has 2 aromatic heterocycles. The van der Waals surface area contributed by atoms with Gasteiger partial charge < -0.3 is 11.1 Å². The SMILES string of the molecule is Cc1ccc(-c2ccccc2C(N)=O)cc1Nc1nccc(-c2cccnc2)n1. The molecular weight excluding hydrogens is 362 g/mol. The summed E-state index contributed by atoms with van der Waals surface area (Å²) in [5.74, 6) is 0.0259. The minimum atomic E-state index is -0.455. The molecule has 0 bridgehead atoms. The molecule has 2 aromatic carbocycles. The van der Waals surface area contributed by atoms with Crippen molar-refractivity contribution in [2.75, 3.05) is 5.32 Å². The molecule has 0 saturated carbocycles. The minimum absolute atomic E-state index is 0.455. The normalized spacial score (nSPS) is 10.5. The number of carbonyl (C=O) groups excluding carboxylic acids is 1. The fourth-order valence-electron chi connectivity index (χ4n) is 3.09. The first-order chi connectivity index (χ1) is 14.1. The standard InChI is InChI=1S/C23H19N5O/c1-15-8-9-16(18-6-2-3-7-19(18)22(24)29)13-21(15)28-23-26-12-10-20(27-23)17-5-4-11-25-14-17/h2-14H,1H3,(H2,24,29)(H,26,27,28). The van der Waals surface area contributed by atoms with Crippen molar-refractivity contribution in [2.45, 2.75) is 6.92 Å². The number of amides is 1. The zero-order valence-corrected chi connectivity index (χ0v) is 15.8. The van der Waals surface area contributed by atoms with Gasteiger partial charge in [0.15, 0.2) is 0 Å². The average Bonchev–Trinajstić information content (AvgIpc) is 2.76. The van der Waals surface area contributed by atoms with Gasteiger partial charge in [0, 0.05) is 35.4 Å². The van der Waals surface area contributed by atoms with E-state index in [1.165, 1.54) is 0 Å². The maximum Gasteiger partial charge on any atom is 0.249 e. The smallest absolute Gasteiger partial charge is 0.249 e. The Kier molecular flexibility index (Phi) is 4.99. The van der Waals surface area contributed by atoms with E-state index in [-0.39, 0.29) is 0 Å². The predicted molar refractivity (Wildman–Crippen MR) is 114 cm³/mol. The third-order valence-electron chi connectivity index (χ3n) is 4.60. The highest BCUT2D eigenvalue weighted by molar-refractivity contribution is 6.00. The van der Waals surface area contributed by atoms with Crippen LogP contribution >= 0.6 is 0 Å². The van der Waals surface area contributed by atoms with Crippen LogP contribution in [0, 0.1) is 6.92 Å². The van der Waals surface area contributed by atoms with Gasteiger partial charge in [0.1, 0.15) is 0 Å². The minimum Gasteiger partial charge on any atom is -0.366 e. The van der Waals surface area contributed by atoms with Gasteiger partial charge >= 0.3 is 0 Å². The Morgan fingerprint density at radius 2 is 1.83 bits per heavy atom. The van der Waals surface area contributed by atoms with Gasteiger partial charge in [0.25, 0.3) is 0 Å². The Morgan fingerprint density at radius 3 is 2.62 bits per heavy atom. The first-order valence-corrected chi connectivity index (χ1v) is 9.12. The van der Waals surface area contributed by atoms with Gasteiger partial charge in [-0.3, -0.25) is 9.78 Å². The van der Waals surface area contributed by atoms with Crippen molar-refractivity contribution >= 4 is 17.5 Å². The van der Waals surface area contributed by atoms with Crippen LogP contribution in [0.25, 0.3) is 22.4 Å². The summed E-state index contributed by atoms with van der Waals surface area (Å²) in [4.78, 5) is 24.9. The number of rotatable bonds is 5. The molecule has 0 aliphatic carbocycles. The monoisotopic (exact) mass is 381 g/mol. The molecule has 0 unspecified atom stereocenters. The van der Waals surface area contributed by atoms with Gasteiger partial charge in [0.05, 0.1) is 5.69 Å². The van der Waals surface area contributed by atoms with Crippen molar-refractivity contribution in [3.8, 4) is 22.4 Å². The summed E-state index contributed by atoms with van der Waals surface area (Å²) >= 11 is 0. The number of pyridine rings is 1. The van der Waals surface area contributed by atoms with Crippen LogP contribution in [0.1, 0.15) is 15.9 Å². The summed E-state index contributed by atoms with van der Waals surface area (Å²) in [6, 6.07) is 18.9. The Morgan fingerprint density at radius 1 is 0.966 bits per heavy atom. The zero-order valence-electron chi connectivity index (χ0n) is 15.8. The molecule has 1 amide bonds. The van der Waals surface area contributed by atoms with Crippen LogP contribution < -0.4 is 11.1 Å². The van der Waals surface area contributed by atoms with Gasteiger partial charge in [-0.25, -0.2) is 9.97 Å². The highest BCUT2D eigenvalue weighted by Gasteiger charge is 2.11. The van der Waals surface area contributed by atoms with Gasteiger partial charge in [-0.05, 0) is 53.9 Å². The van der Waals surface area contributed by atoms with Gasteiger partial charge in [-0.2, -0.15) is 0 Å². The second-order valence-electron chi connectivity index (χ2n) is 6.57. The fraction of sp³-hybridized carbons (Fsp3) is 0.0435. The number of aromatic nitrogens is 3. The number of nitrogens with one attached hydrogen (secondary N) is 1. The lowest BCUT2D eigenvalue weighted by atomic mass is 9.97. The number of anilines is 2. The molecule has 6 nitrogen and oxygen atoms in total. The maximum atomic E-state index is 11.8. The second kappa shape index (κ2) is 7.90. The number of carbonyl (C=O) groups is 1. The Balaban J connectivity index is 1.69. The third kappa shape index (κ3) is 3.96. The van der Waals surface area contributed by atoms with Gasteiger partial charge in [-0.1, -0.05) is 30.3 Å². The fourth-order valence-corrected chi connectivity index (χ4v) is 3.09. The molecule has 142 valence electrons. The highest BCUT2D eigenvalue weighted by Crippen LogP contribution is 2.29. The lowest BCUT2D eigenvalue weighted by molar-refractivity contribution is 0.100. The number of benzene rings is 2. The van der Waals surface area contributed by atoms with E-state index in [9.17, 15) is 4.79 Å². The predicted octanol–water partition coefficient (Wildman–Crippen LogP) is 4.36. The number of hydrogen-bond acceptors (Lipinski definition) is 5. The Labute approximate surface area is 168 Å². The molecular formula is C23H19N5O. The molecule has 6 heteroatoms. The largest absolute Gasteiger partial charge is 0.366 e. The van der Waals surface area contributed by atoms with Crippen LogP contribution in [-0.2, 0) is 0 Å². The molecule has 0 spiro atoms. The highest BCUT2D eigenvalue weighted by atomic mass is 16.1. The molecule has 2 heterocycles. The molecule has 0 saturated heterocycles. The number of nitrogens with two attached hydrogens (primary N) is 1. The van der Waals surface area contributed by atoms with E-state index < -0.39 is 5.91 Å². The van der Waals surface area contributed by atoms with E-state index in [0.29, 0.717) is 11.5 Å². The summed E-state index contributed by atoms with van der Waals surface area (Å²) in [6.07, 6.45) is 5.20. The number of hydrogen-bond donors (Lipinski definition) is 2. The van der Waals surface area contributed by atoms with E-state index in [0.717, 1.165) is 33.6 Å². The number of nitrogens with zero attached hydrogens (tertiary/aromatic N) is 3. The maximum absolute atomic E-state index is 11.8. The zero-order chi connectivity index (χ0) is 20.2. The van der Waals surface area contributed by atoms with Crippen molar-refractivity contribution in [3.05, 3.63) is 90.4 Å². The number of aryl methyl sites for hydroxylation is 1. The average molecular weight is 381 g/mol. The van der Waals surface area contributed by atoms with Crippen LogP contribution in [-0.4, -0.2) is 20.9 Å². The molecule has 4 rings (SSSR count). The van der Waals surface area contributed by atoms with Crippen molar-refractivity contribution in [1.29, 1.82) is 0 Å². The lowest BCUT2D eigenvalue weighted by Crippen LogP contribution is -2.12. The van der Waals surface area contributed by atoms with Crippen LogP contribution in [0.5, 0.6) is 0 Å². The van der Waals surface area contributed by atoms with Crippen molar-refractivity contribution in [3.63, 3.8) is 0 Å². The molecule has 0 atom stereocenters. The summed E-state index contributed by atoms with van der Waals surface area (Å²) in [5.41, 5.74) is 11.3. The van der Waals surface area contributed by atoms with E-state index in [4.69, 9.17) is 5.73 Å². The lowest BCUT2D eigenvalue weighted by Gasteiger charge is -2.13. The van der Waals surface area contributed by atoms with Crippen molar-refractivity contribution < 1.29 is 4.79 Å². The molecule has 0 radical (unpaired) electrons. The topological polar surface area (TPSA) is 93.8 Å². The summed E-state index contributed by atoms with van der Waals surface area (Å²) in [6.45, 7) is 2.00. The van der Waals surface area contributed by atoms with Crippen molar-refractivity contribution in [1.82, 2.24) is 15.0 Å². The van der Waals surface area contributed by atoms with Crippen LogP contribution in [0.2, 0.25) is 0 Å². The third-order valence-corrected chi connectivity index (χ3v) is 4.60. The first-order valence-electron chi connectivity index (χ1n) is 9.12. The number of primary amides is 1. The second-order valence-corrected chi connectivity index (χ2v) is 6.57. The molecule has 0 fully saturated rings. The quantitative estimate of drug-likeness (QED) is 0.536. The summed E-state index contributed by atoms with van der Waals surface area (Å²) in [7, 11) is 0. The molecule has 4 aromatic rings. The van der Waals surface area contributed by atoms with Crippen LogP contribution in [0.4, 0.5) is 11.6 Å². The van der Waals surface area contributed by atoms with E-state index in [1.807, 2.05) is 55.5 Å². The molecule has 29 heavy (non-hydrogen) atoms. The van der Waals surface area contributed by atoms with Crippen LogP contribution in [0.3, 0.4) is 0 Å². The van der Waals surface area contributed by atoms with Gasteiger partial charge in [-0.15, -0.1) is 0 Å². The van der Waals surface area contributed by atoms with Crippen LogP contribution in [0.15, 0.2) is 79.3 Å². The Hall–Kier alpha value is -4.06. The molecule has 3 N–H and O–H groups in total. The molecule has 0 aliphatic rings. The van der Waals surface area contributed by atoms with Crippen molar-refractivity contribution in [2.24, 2.45) is 5.73 Å². The van der Waals surface area contributed by atoms with E-state index >= 15 is 0 Å². The first kappa shape index (κ1) is 18.3. The summed E-state index contributed by atoms with van der Waals surface area (Å²) < 4.78 is 0. The molecule has 0 aliphatic heterocycles. The van der Waals surface area contributed by atoms with Gasteiger partial charge in [0.2, 0.25) is 11.9 Å².